The molecule has 0 saturated heterocycles. The summed E-state index contributed by atoms with van der Waals surface area (Å²) in [6, 6.07) is 0. The Hall–Kier alpha value is -1.56. The van der Waals surface area contributed by atoms with Gasteiger partial charge in [-0.1, -0.05) is 0 Å². The van der Waals surface area contributed by atoms with Crippen LogP contribution in [0.3, 0.4) is 0 Å². The summed E-state index contributed by atoms with van der Waals surface area (Å²) in [4.78, 5) is 14.4. The van der Waals surface area contributed by atoms with E-state index in [0.29, 0.717) is 5.69 Å². The van der Waals surface area contributed by atoms with E-state index in [2.05, 4.69) is 4.98 Å². The van der Waals surface area contributed by atoms with Crippen LogP contribution < -0.4 is 5.73 Å². The fourth-order valence-electron chi connectivity index (χ4n) is 1.53. The Kier molecular flexibility index (Phi) is 3.89. The largest absolute Gasteiger partial charge is 0.481 e. The number of hydrogen-bond acceptors (Lipinski definition) is 3. The summed E-state index contributed by atoms with van der Waals surface area (Å²) in [5.41, 5.74) is 5.99. The first-order valence-corrected chi connectivity index (χ1v) is 4.64. The minimum Gasteiger partial charge on any atom is -0.481 e. The molecule has 1 aromatic rings. The van der Waals surface area contributed by atoms with Crippen LogP contribution in [0.5, 0.6) is 0 Å². The zero-order chi connectivity index (χ0) is 12.3. The van der Waals surface area contributed by atoms with E-state index in [4.69, 9.17) is 10.8 Å². The molecule has 0 unspecified atom stereocenters. The van der Waals surface area contributed by atoms with Gasteiger partial charge >= 0.3 is 5.97 Å². The maximum absolute atomic E-state index is 12.6. The van der Waals surface area contributed by atoms with Crippen molar-refractivity contribution in [3.8, 4) is 0 Å². The molecule has 0 spiro atoms. The van der Waals surface area contributed by atoms with Crippen molar-refractivity contribution in [2.75, 3.05) is 0 Å². The molecule has 0 atom stereocenters. The number of nitrogens with zero attached hydrogens (tertiary/aromatic N) is 1. The number of aryl methyl sites for hydroxylation is 1. The number of rotatable bonds is 4. The minimum atomic E-state index is -2.70. The topological polar surface area (TPSA) is 76.2 Å². The summed E-state index contributed by atoms with van der Waals surface area (Å²) in [7, 11) is 0. The van der Waals surface area contributed by atoms with Crippen molar-refractivity contribution in [1.82, 2.24) is 4.98 Å². The van der Waals surface area contributed by atoms with Gasteiger partial charge in [-0.25, -0.2) is 8.78 Å². The van der Waals surface area contributed by atoms with Gasteiger partial charge in [-0.2, -0.15) is 0 Å². The summed E-state index contributed by atoms with van der Waals surface area (Å²) >= 11 is 0. The number of aliphatic carboxylic acids is 1. The number of aromatic nitrogens is 1. The third-order valence-electron chi connectivity index (χ3n) is 2.31. The highest BCUT2D eigenvalue weighted by molar-refractivity contribution is 5.71. The van der Waals surface area contributed by atoms with E-state index in [9.17, 15) is 13.6 Å². The average Bonchev–Trinajstić information content (AvgIpc) is 2.19. The quantitative estimate of drug-likeness (QED) is 0.820. The molecule has 0 aliphatic rings. The number of carbonyl (C=O) groups is 1. The van der Waals surface area contributed by atoms with Crippen LogP contribution in [-0.4, -0.2) is 16.1 Å². The second-order valence-corrected chi connectivity index (χ2v) is 3.33. The number of pyridine rings is 1. The van der Waals surface area contributed by atoms with E-state index in [0.717, 1.165) is 6.20 Å². The molecular weight excluding hydrogens is 218 g/mol. The molecule has 16 heavy (non-hydrogen) atoms. The minimum absolute atomic E-state index is 0.119. The van der Waals surface area contributed by atoms with Crippen molar-refractivity contribution in [3.63, 3.8) is 0 Å². The molecule has 1 aromatic heterocycles. The lowest BCUT2D eigenvalue weighted by atomic mass is 9.99. The van der Waals surface area contributed by atoms with Crippen LogP contribution in [0.2, 0.25) is 0 Å². The zero-order valence-corrected chi connectivity index (χ0v) is 8.70. The second kappa shape index (κ2) is 4.98. The van der Waals surface area contributed by atoms with E-state index < -0.39 is 12.4 Å². The number of hydrogen-bond donors (Lipinski definition) is 2. The number of carboxylic acids is 1. The van der Waals surface area contributed by atoms with E-state index in [-0.39, 0.29) is 29.7 Å². The third kappa shape index (κ3) is 2.52. The van der Waals surface area contributed by atoms with Crippen molar-refractivity contribution < 1.29 is 18.7 Å². The lowest BCUT2D eigenvalue weighted by Gasteiger charge is -2.13. The van der Waals surface area contributed by atoms with E-state index in [1.54, 1.807) is 6.92 Å². The summed E-state index contributed by atoms with van der Waals surface area (Å²) in [6.07, 6.45) is -1.99. The monoisotopic (exact) mass is 230 g/mol. The average molecular weight is 230 g/mol. The van der Waals surface area contributed by atoms with Crippen molar-refractivity contribution in [1.29, 1.82) is 0 Å². The molecule has 3 N–H and O–H groups in total. The van der Waals surface area contributed by atoms with Crippen molar-refractivity contribution in [3.05, 3.63) is 28.6 Å². The Morgan fingerprint density at radius 2 is 2.19 bits per heavy atom. The fraction of sp³-hybridized carbons (Fsp3) is 0.400. The molecule has 1 heterocycles. The molecule has 1 rings (SSSR count). The van der Waals surface area contributed by atoms with Gasteiger partial charge in [-0.05, 0) is 18.1 Å². The maximum atomic E-state index is 12.6. The molecule has 88 valence electrons. The smallest absolute Gasteiger partial charge is 0.307 e. The van der Waals surface area contributed by atoms with Gasteiger partial charge in [0.05, 0.1) is 6.42 Å². The lowest BCUT2D eigenvalue weighted by molar-refractivity contribution is -0.136. The summed E-state index contributed by atoms with van der Waals surface area (Å²) in [5, 5.41) is 8.68. The first-order chi connectivity index (χ1) is 7.47. The first-order valence-electron chi connectivity index (χ1n) is 4.64. The molecule has 0 aliphatic carbocycles. The molecule has 0 saturated carbocycles. The standard InChI is InChI=1S/C10H12F2N2O2/c1-5-6(2-9(15)16)7(3-13)8(4-14-5)10(11)12/h4,10H,2-3,13H2,1H3,(H,15,16). The predicted octanol–water partition coefficient (Wildman–Crippen LogP) is 1.41. The van der Waals surface area contributed by atoms with Crippen LogP contribution in [0.15, 0.2) is 6.20 Å². The maximum Gasteiger partial charge on any atom is 0.307 e. The van der Waals surface area contributed by atoms with Gasteiger partial charge in [0.15, 0.2) is 0 Å². The van der Waals surface area contributed by atoms with Crippen LogP contribution in [0.1, 0.15) is 28.8 Å². The molecule has 0 radical (unpaired) electrons. The van der Waals surface area contributed by atoms with Gasteiger partial charge in [0, 0.05) is 24.0 Å². The second-order valence-electron chi connectivity index (χ2n) is 3.33. The third-order valence-corrected chi connectivity index (χ3v) is 2.31. The molecule has 6 heteroatoms. The van der Waals surface area contributed by atoms with Gasteiger partial charge < -0.3 is 10.8 Å². The number of alkyl halides is 2. The van der Waals surface area contributed by atoms with Gasteiger partial charge in [-0.3, -0.25) is 9.78 Å². The van der Waals surface area contributed by atoms with Crippen LogP contribution in [0.25, 0.3) is 0 Å². The Labute approximate surface area is 91.1 Å². The van der Waals surface area contributed by atoms with E-state index in [1.165, 1.54) is 0 Å². The van der Waals surface area contributed by atoms with E-state index in [1.807, 2.05) is 0 Å². The van der Waals surface area contributed by atoms with Gasteiger partial charge in [-0.15, -0.1) is 0 Å². The summed E-state index contributed by atoms with van der Waals surface area (Å²) in [5.74, 6) is -1.09. The predicted molar refractivity (Wildman–Crippen MR) is 53.2 cm³/mol. The lowest BCUT2D eigenvalue weighted by Crippen LogP contribution is -2.13. The van der Waals surface area contributed by atoms with Crippen molar-refractivity contribution >= 4 is 5.97 Å². The molecule has 4 nitrogen and oxygen atoms in total. The Morgan fingerprint density at radius 1 is 1.56 bits per heavy atom. The first kappa shape index (κ1) is 12.5. The molecule has 0 fully saturated rings. The van der Waals surface area contributed by atoms with Crippen LogP contribution in [-0.2, 0) is 17.8 Å². The van der Waals surface area contributed by atoms with Gasteiger partial charge in [0.1, 0.15) is 0 Å². The summed E-state index contributed by atoms with van der Waals surface area (Å²) in [6.45, 7) is 1.46. The van der Waals surface area contributed by atoms with E-state index >= 15 is 0 Å². The SMILES string of the molecule is Cc1ncc(C(F)F)c(CN)c1CC(=O)O. The van der Waals surface area contributed by atoms with Gasteiger partial charge in [0.25, 0.3) is 6.43 Å². The molecule has 0 amide bonds. The highest BCUT2D eigenvalue weighted by Gasteiger charge is 2.19. The molecule has 0 aliphatic heterocycles. The highest BCUT2D eigenvalue weighted by Crippen LogP contribution is 2.26. The fourth-order valence-corrected chi connectivity index (χ4v) is 1.53. The van der Waals surface area contributed by atoms with Crippen molar-refractivity contribution in [2.45, 2.75) is 26.3 Å². The number of nitrogens with two attached hydrogens (primary N) is 1. The Bertz CT molecular complexity index is 408. The molecule has 0 bridgehead atoms. The number of halogens is 2. The highest BCUT2D eigenvalue weighted by atomic mass is 19.3. The molecular formula is C10H12F2N2O2. The Balaban J connectivity index is 3.32. The van der Waals surface area contributed by atoms with Crippen LogP contribution in [0, 0.1) is 6.92 Å². The molecule has 0 aromatic carbocycles. The van der Waals surface area contributed by atoms with Crippen LogP contribution >= 0.6 is 0 Å². The van der Waals surface area contributed by atoms with Gasteiger partial charge in [0.2, 0.25) is 0 Å². The number of carboxylic acid groups (broad SMARTS) is 1. The normalized spacial score (nSPS) is 10.8. The van der Waals surface area contributed by atoms with Crippen molar-refractivity contribution in [2.24, 2.45) is 5.73 Å². The van der Waals surface area contributed by atoms with Crippen LogP contribution in [0.4, 0.5) is 8.78 Å². The summed E-state index contributed by atoms with van der Waals surface area (Å²) < 4.78 is 25.2. The zero-order valence-electron chi connectivity index (χ0n) is 8.70. The Morgan fingerprint density at radius 3 is 2.62 bits per heavy atom.